The highest BCUT2D eigenvalue weighted by Gasteiger charge is 2.26. The fourth-order valence-electron chi connectivity index (χ4n) is 3.04. The van der Waals surface area contributed by atoms with E-state index in [4.69, 9.17) is 13.5 Å². The second kappa shape index (κ2) is 8.45. The molecule has 0 heterocycles. The quantitative estimate of drug-likeness (QED) is 0.538. The van der Waals surface area contributed by atoms with Gasteiger partial charge in [-0.1, -0.05) is 53.7 Å². The predicted molar refractivity (Wildman–Crippen MR) is 115 cm³/mol. The molecular formula is C21H29NO5S2. The molecule has 0 aromatic heterocycles. The normalized spacial score (nSPS) is 14.4. The van der Waals surface area contributed by atoms with Gasteiger partial charge in [0.05, 0.1) is 9.79 Å². The molecule has 0 bridgehead atoms. The van der Waals surface area contributed by atoms with E-state index < -0.39 is 20.1 Å². The monoisotopic (exact) mass is 439 g/mol. The van der Waals surface area contributed by atoms with Gasteiger partial charge in [-0.15, -0.1) is 0 Å². The first-order valence-electron chi connectivity index (χ1n) is 9.47. The number of hydrogen-bond acceptors (Lipinski definition) is 5. The molecule has 0 aliphatic heterocycles. The smallest absolute Gasteiger partial charge is 0.294 e. The van der Waals surface area contributed by atoms with Gasteiger partial charge in [0.15, 0.2) is 0 Å². The molecule has 0 aliphatic rings. The minimum absolute atomic E-state index is 0.0397. The van der Waals surface area contributed by atoms with Crippen molar-refractivity contribution in [1.82, 2.24) is 0 Å². The van der Waals surface area contributed by atoms with Crippen LogP contribution in [-0.2, 0) is 20.1 Å². The molecule has 0 saturated carbocycles. The summed E-state index contributed by atoms with van der Waals surface area (Å²) in [7, 11) is -8.01. The lowest BCUT2D eigenvalue weighted by atomic mass is 9.89. The third-order valence-electron chi connectivity index (χ3n) is 4.68. The third kappa shape index (κ3) is 5.38. The van der Waals surface area contributed by atoms with E-state index in [1.54, 1.807) is 0 Å². The Morgan fingerprint density at radius 1 is 0.828 bits per heavy atom. The number of nitrogens with one attached hydrogen (secondary N) is 1. The summed E-state index contributed by atoms with van der Waals surface area (Å²) < 4.78 is 59.1. The maximum absolute atomic E-state index is 13.4. The van der Waals surface area contributed by atoms with E-state index in [1.165, 1.54) is 12.1 Å². The molecule has 8 heteroatoms. The van der Waals surface area contributed by atoms with Gasteiger partial charge < -0.3 is 4.18 Å². The Hall–Kier alpha value is -1.90. The van der Waals surface area contributed by atoms with E-state index in [2.05, 4.69) is 13.8 Å². The molecular weight excluding hydrogens is 410 g/mol. The van der Waals surface area contributed by atoms with Crippen LogP contribution >= 0.6 is 0 Å². The van der Waals surface area contributed by atoms with Gasteiger partial charge in [-0.3, -0.25) is 4.55 Å². The zero-order valence-corrected chi connectivity index (χ0v) is 19.2. The summed E-state index contributed by atoms with van der Waals surface area (Å²) in [5.74, 6) is 0.459. The minimum Gasteiger partial charge on any atom is -0.393 e. The maximum atomic E-state index is 13.4. The zero-order chi connectivity index (χ0) is 22.1. The fraction of sp³-hybridized carbons (Fsp3) is 0.429. The van der Waals surface area contributed by atoms with Crippen LogP contribution in [0.3, 0.4) is 0 Å². The van der Waals surface area contributed by atoms with Gasteiger partial charge in [-0.2, -0.15) is 8.42 Å². The van der Waals surface area contributed by atoms with Gasteiger partial charge in [0.2, 0.25) is 10.0 Å². The molecule has 160 valence electrons. The predicted octanol–water partition coefficient (Wildman–Crippen LogP) is 5.70. The molecule has 2 rings (SSSR count). The van der Waals surface area contributed by atoms with Gasteiger partial charge in [-0.05, 0) is 58.7 Å². The van der Waals surface area contributed by atoms with Crippen molar-refractivity contribution in [2.45, 2.75) is 69.1 Å². The van der Waals surface area contributed by atoms with Crippen LogP contribution in [0.15, 0.2) is 46.2 Å². The molecule has 0 fully saturated rings. The van der Waals surface area contributed by atoms with Crippen molar-refractivity contribution in [3.63, 3.8) is 0 Å². The highest BCUT2D eigenvalue weighted by Crippen LogP contribution is 2.36. The van der Waals surface area contributed by atoms with Gasteiger partial charge in [0.1, 0.15) is 5.75 Å². The van der Waals surface area contributed by atoms with Gasteiger partial charge in [0.25, 0.3) is 10.1 Å². The van der Waals surface area contributed by atoms with Crippen molar-refractivity contribution in [1.29, 1.82) is 4.78 Å². The molecule has 0 radical (unpaired) electrons. The molecule has 0 spiro atoms. The Morgan fingerprint density at radius 2 is 1.28 bits per heavy atom. The molecule has 1 unspecified atom stereocenters. The Labute approximate surface area is 174 Å². The molecule has 0 amide bonds. The van der Waals surface area contributed by atoms with E-state index in [-0.39, 0.29) is 28.4 Å². The molecule has 2 N–H and O–H groups in total. The third-order valence-corrected chi connectivity index (χ3v) is 6.99. The Balaban J connectivity index is 2.61. The van der Waals surface area contributed by atoms with Crippen molar-refractivity contribution >= 4 is 20.1 Å². The van der Waals surface area contributed by atoms with Crippen molar-refractivity contribution in [3.8, 4) is 5.75 Å². The minimum atomic E-state index is -4.34. The van der Waals surface area contributed by atoms with Crippen molar-refractivity contribution in [2.24, 2.45) is 0 Å². The first-order chi connectivity index (χ1) is 13.2. The molecule has 2 aromatic carbocycles. The zero-order valence-electron chi connectivity index (χ0n) is 17.6. The van der Waals surface area contributed by atoms with Crippen molar-refractivity contribution in [2.75, 3.05) is 0 Å². The number of rotatable bonds is 7. The summed E-state index contributed by atoms with van der Waals surface area (Å²) in [6, 6.07) is 8.85. The van der Waals surface area contributed by atoms with Gasteiger partial charge in [0, 0.05) is 0 Å². The lowest BCUT2D eigenvalue weighted by Crippen LogP contribution is -2.16. The van der Waals surface area contributed by atoms with Crippen LogP contribution in [0.25, 0.3) is 0 Å². The van der Waals surface area contributed by atoms with Crippen LogP contribution in [0.5, 0.6) is 5.75 Å². The summed E-state index contributed by atoms with van der Waals surface area (Å²) in [6.45, 7) is 12.1. The average Bonchev–Trinajstić information content (AvgIpc) is 2.59. The second-order valence-corrected chi connectivity index (χ2v) is 11.0. The molecule has 29 heavy (non-hydrogen) atoms. The van der Waals surface area contributed by atoms with E-state index >= 15 is 0 Å². The van der Waals surface area contributed by atoms with Crippen LogP contribution in [0.4, 0.5) is 0 Å². The summed E-state index contributed by atoms with van der Waals surface area (Å²) in [5.41, 5.74) is 2.75. The van der Waals surface area contributed by atoms with Crippen molar-refractivity contribution < 1.29 is 21.4 Å². The molecule has 2 aromatic rings. The summed E-state index contributed by atoms with van der Waals surface area (Å²) in [6.07, 6.45) is 0. The summed E-state index contributed by atoms with van der Waals surface area (Å²) in [5, 5.41) is 0. The molecule has 1 atom stereocenters. The number of benzene rings is 2. The van der Waals surface area contributed by atoms with Crippen LogP contribution in [0, 0.1) is 4.78 Å². The second-order valence-electron chi connectivity index (χ2n) is 8.03. The summed E-state index contributed by atoms with van der Waals surface area (Å²) >= 11 is 0. The standard InChI is InChI=1S/C21H29NO5S2/c1-13(2)16-11-19(14(3)4)21(20(12-16)15(5)6)28(22,23)27-17-7-9-18(10-8-17)29(24,25)26/h7-15,22H,1-6H3,(H,24,25,26). The first kappa shape index (κ1) is 23.4. The van der Waals surface area contributed by atoms with Crippen LogP contribution in [0.2, 0.25) is 0 Å². The van der Waals surface area contributed by atoms with Crippen LogP contribution < -0.4 is 4.18 Å². The highest BCUT2D eigenvalue weighted by atomic mass is 32.2. The average molecular weight is 440 g/mol. The Bertz CT molecular complexity index is 1060. The van der Waals surface area contributed by atoms with E-state index in [0.29, 0.717) is 4.90 Å². The Morgan fingerprint density at radius 3 is 1.62 bits per heavy atom. The Kier molecular flexibility index (Phi) is 6.82. The topological polar surface area (TPSA) is 105 Å². The van der Waals surface area contributed by atoms with Gasteiger partial charge >= 0.3 is 0 Å². The number of hydrogen-bond donors (Lipinski definition) is 2. The van der Waals surface area contributed by atoms with Crippen molar-refractivity contribution in [3.05, 3.63) is 53.1 Å². The maximum Gasteiger partial charge on any atom is 0.294 e. The van der Waals surface area contributed by atoms with E-state index in [1.807, 2.05) is 39.8 Å². The lowest BCUT2D eigenvalue weighted by molar-refractivity contribution is 0.483. The SMILES string of the molecule is CC(C)c1cc(C(C)C)c(S(=N)(=O)Oc2ccc(S(=O)(=O)O)cc2)c(C(C)C)c1. The van der Waals surface area contributed by atoms with Gasteiger partial charge in [-0.25, -0.2) is 8.99 Å². The van der Waals surface area contributed by atoms with Crippen LogP contribution in [0.1, 0.15) is 76.0 Å². The largest absolute Gasteiger partial charge is 0.393 e. The molecule has 0 saturated heterocycles. The van der Waals surface area contributed by atoms with Crippen LogP contribution in [-0.4, -0.2) is 17.2 Å². The fourth-order valence-corrected chi connectivity index (χ4v) is 5.20. The first-order valence-corrected chi connectivity index (χ1v) is 12.4. The van der Waals surface area contributed by atoms with E-state index in [9.17, 15) is 12.6 Å². The lowest BCUT2D eigenvalue weighted by Gasteiger charge is -2.24. The molecule has 6 nitrogen and oxygen atoms in total. The van der Waals surface area contributed by atoms with E-state index in [0.717, 1.165) is 28.8 Å². The summed E-state index contributed by atoms with van der Waals surface area (Å²) in [4.78, 5) is 0.0825. The molecule has 0 aliphatic carbocycles. The highest BCUT2D eigenvalue weighted by molar-refractivity contribution is 7.88.